The summed E-state index contributed by atoms with van der Waals surface area (Å²) in [5.41, 5.74) is 4.66. The van der Waals surface area contributed by atoms with Crippen LogP contribution in [0.2, 0.25) is 0 Å². The molecule has 3 heterocycles. The molecule has 2 fully saturated rings. The predicted octanol–water partition coefficient (Wildman–Crippen LogP) is 4.75. The van der Waals surface area contributed by atoms with Crippen molar-refractivity contribution in [1.29, 1.82) is 0 Å². The summed E-state index contributed by atoms with van der Waals surface area (Å²) in [7, 11) is 0. The largest absolute Gasteiger partial charge is 0.324 e. The first-order chi connectivity index (χ1) is 21.9. The van der Waals surface area contributed by atoms with E-state index in [-0.39, 0.29) is 35.5 Å². The number of H-pyrrole nitrogens is 1. The molecule has 4 amide bonds. The number of carbonyl (C=O) groups is 4. The first-order valence-corrected chi connectivity index (χ1v) is 15.8. The summed E-state index contributed by atoms with van der Waals surface area (Å²) in [6.07, 6.45) is 13.1. The van der Waals surface area contributed by atoms with Gasteiger partial charge in [-0.25, -0.2) is 0 Å². The number of aromatic nitrogens is 2. The van der Waals surface area contributed by atoms with Crippen LogP contribution >= 0.6 is 0 Å². The molecule has 0 bridgehead atoms. The monoisotopic (exact) mass is 604 g/mol. The van der Waals surface area contributed by atoms with Gasteiger partial charge in [0.2, 0.25) is 11.8 Å². The average molecular weight is 605 g/mol. The van der Waals surface area contributed by atoms with Crippen LogP contribution in [-0.4, -0.2) is 68.8 Å². The lowest BCUT2D eigenvalue weighted by Crippen LogP contribution is -2.47. The minimum Gasteiger partial charge on any atom is -0.324 e. The van der Waals surface area contributed by atoms with Gasteiger partial charge in [-0.2, -0.15) is 5.10 Å². The Labute approximate surface area is 261 Å². The summed E-state index contributed by atoms with van der Waals surface area (Å²) in [5.74, 6) is -0.187. The van der Waals surface area contributed by atoms with E-state index in [1.54, 1.807) is 22.0 Å². The number of nitrogens with zero attached hydrogens (tertiary/aromatic N) is 3. The Kier molecular flexibility index (Phi) is 7.79. The molecule has 2 aliphatic heterocycles. The Balaban J connectivity index is 0.948. The second-order valence-electron chi connectivity index (χ2n) is 12.3. The fourth-order valence-electron chi connectivity index (χ4n) is 6.24. The lowest BCUT2D eigenvalue weighted by atomic mass is 9.84. The highest BCUT2D eigenvalue weighted by atomic mass is 16.2. The van der Waals surface area contributed by atoms with Crippen molar-refractivity contribution in [2.75, 3.05) is 23.7 Å². The summed E-state index contributed by atoms with van der Waals surface area (Å²) in [5, 5.41) is 13.4. The van der Waals surface area contributed by atoms with Gasteiger partial charge in [-0.05, 0) is 61.6 Å². The smallest absolute Gasteiger partial charge is 0.251 e. The molecule has 10 nitrogen and oxygen atoms in total. The van der Waals surface area contributed by atoms with E-state index in [4.69, 9.17) is 0 Å². The average Bonchev–Trinajstić information content (AvgIpc) is 3.77. The van der Waals surface area contributed by atoms with E-state index in [1.165, 1.54) is 0 Å². The predicted molar refractivity (Wildman–Crippen MR) is 171 cm³/mol. The maximum Gasteiger partial charge on any atom is 0.251 e. The number of nitrogens with one attached hydrogen (secondary N) is 3. The Bertz CT molecular complexity index is 1540. The molecule has 4 aliphatic rings. The van der Waals surface area contributed by atoms with Crippen LogP contribution in [0.25, 0.3) is 22.5 Å². The molecule has 2 aliphatic carbocycles. The van der Waals surface area contributed by atoms with Crippen molar-refractivity contribution in [3.63, 3.8) is 0 Å². The van der Waals surface area contributed by atoms with Crippen molar-refractivity contribution in [3.8, 4) is 22.5 Å². The molecule has 2 saturated carbocycles. The second-order valence-corrected chi connectivity index (χ2v) is 12.3. The van der Waals surface area contributed by atoms with E-state index < -0.39 is 12.1 Å². The van der Waals surface area contributed by atoms with Crippen LogP contribution in [0.1, 0.15) is 38.5 Å². The molecule has 0 radical (unpaired) electrons. The standard InChI is InChI=1S/C35H36N6O4/c42-32(30-9-3-19-40(30)34(44)24-5-1-6-24)36-26-15-11-22(12-16-26)28-21-29(39-38-28)23-13-17-27(18-14-23)37-33(43)31-10-4-20-41(31)35(45)25-7-2-8-25/h3-4,9-18,21,24-25,30-31H,1-2,5-8,19-20H2,(H,36,42)(H,37,43)(H,38,39)/t30-,31-/m0/s1. The van der Waals surface area contributed by atoms with E-state index >= 15 is 0 Å². The van der Waals surface area contributed by atoms with Gasteiger partial charge in [0.15, 0.2) is 0 Å². The Hall–Kier alpha value is -4.99. The lowest BCUT2D eigenvalue weighted by Gasteiger charge is -2.32. The van der Waals surface area contributed by atoms with Gasteiger partial charge in [0.05, 0.1) is 11.4 Å². The van der Waals surface area contributed by atoms with Crippen LogP contribution < -0.4 is 10.6 Å². The third-order valence-electron chi connectivity index (χ3n) is 9.41. The number of benzene rings is 2. The van der Waals surface area contributed by atoms with Crippen LogP contribution in [0.4, 0.5) is 11.4 Å². The molecule has 3 aromatic rings. The Morgan fingerprint density at radius 3 is 1.58 bits per heavy atom. The number of hydrogen-bond donors (Lipinski definition) is 3. The third-order valence-corrected chi connectivity index (χ3v) is 9.41. The molecular weight excluding hydrogens is 568 g/mol. The van der Waals surface area contributed by atoms with Gasteiger partial charge >= 0.3 is 0 Å². The number of aromatic amines is 1. The molecule has 0 spiro atoms. The number of hydrogen-bond acceptors (Lipinski definition) is 5. The van der Waals surface area contributed by atoms with Crippen molar-refractivity contribution in [3.05, 3.63) is 78.9 Å². The summed E-state index contributed by atoms with van der Waals surface area (Å²) in [4.78, 5) is 54.8. The first-order valence-electron chi connectivity index (χ1n) is 15.8. The molecule has 1 aromatic heterocycles. The maximum absolute atomic E-state index is 13.0. The van der Waals surface area contributed by atoms with E-state index in [0.29, 0.717) is 24.5 Å². The van der Waals surface area contributed by atoms with Gasteiger partial charge in [0.25, 0.3) is 11.8 Å². The highest BCUT2D eigenvalue weighted by Gasteiger charge is 2.37. The fraction of sp³-hybridized carbons (Fsp3) is 0.343. The van der Waals surface area contributed by atoms with Gasteiger partial charge in [-0.15, -0.1) is 0 Å². The lowest BCUT2D eigenvalue weighted by molar-refractivity contribution is -0.141. The van der Waals surface area contributed by atoms with Crippen molar-refractivity contribution in [2.45, 2.75) is 50.6 Å². The van der Waals surface area contributed by atoms with Gasteiger partial charge in [-0.3, -0.25) is 24.3 Å². The van der Waals surface area contributed by atoms with E-state index in [1.807, 2.05) is 66.7 Å². The quantitative estimate of drug-likeness (QED) is 0.320. The van der Waals surface area contributed by atoms with E-state index in [2.05, 4.69) is 20.8 Å². The minimum absolute atomic E-state index is 0.0526. The topological polar surface area (TPSA) is 128 Å². The zero-order valence-corrected chi connectivity index (χ0v) is 24.9. The second kappa shape index (κ2) is 12.2. The summed E-state index contributed by atoms with van der Waals surface area (Å²) >= 11 is 0. The molecule has 2 atom stereocenters. The molecular formula is C35H36N6O4. The van der Waals surface area contributed by atoms with Gasteiger partial charge in [0, 0.05) is 41.9 Å². The Morgan fingerprint density at radius 1 is 0.667 bits per heavy atom. The van der Waals surface area contributed by atoms with Crippen molar-refractivity contribution < 1.29 is 19.2 Å². The van der Waals surface area contributed by atoms with Crippen LogP contribution in [-0.2, 0) is 19.2 Å². The zero-order valence-electron chi connectivity index (χ0n) is 24.9. The molecule has 10 heteroatoms. The molecule has 230 valence electrons. The fourth-order valence-corrected chi connectivity index (χ4v) is 6.24. The van der Waals surface area contributed by atoms with Crippen LogP contribution in [0.5, 0.6) is 0 Å². The molecule has 0 unspecified atom stereocenters. The normalized spacial score (nSPS) is 21.0. The number of amides is 4. The van der Waals surface area contributed by atoms with Crippen molar-refractivity contribution >= 4 is 35.0 Å². The van der Waals surface area contributed by atoms with Gasteiger partial charge in [0.1, 0.15) is 12.1 Å². The van der Waals surface area contributed by atoms with Crippen LogP contribution in [0.15, 0.2) is 78.9 Å². The number of rotatable bonds is 8. The zero-order chi connectivity index (χ0) is 30.9. The van der Waals surface area contributed by atoms with Crippen molar-refractivity contribution in [1.82, 2.24) is 20.0 Å². The summed E-state index contributed by atoms with van der Waals surface area (Å²) in [6, 6.07) is 15.7. The Morgan fingerprint density at radius 2 is 1.13 bits per heavy atom. The van der Waals surface area contributed by atoms with E-state index in [0.717, 1.165) is 61.0 Å². The molecule has 7 rings (SSSR count). The van der Waals surface area contributed by atoms with Crippen LogP contribution in [0, 0.1) is 11.8 Å². The molecule has 2 aromatic carbocycles. The molecule has 0 saturated heterocycles. The number of anilines is 2. The van der Waals surface area contributed by atoms with E-state index in [9.17, 15) is 19.2 Å². The van der Waals surface area contributed by atoms with Crippen molar-refractivity contribution in [2.24, 2.45) is 11.8 Å². The number of carbonyl (C=O) groups excluding carboxylic acids is 4. The van der Waals surface area contributed by atoms with Crippen LogP contribution in [0.3, 0.4) is 0 Å². The third kappa shape index (κ3) is 5.80. The summed E-state index contributed by atoms with van der Waals surface area (Å²) < 4.78 is 0. The summed E-state index contributed by atoms with van der Waals surface area (Å²) in [6.45, 7) is 0.954. The highest BCUT2D eigenvalue weighted by molar-refractivity contribution is 6.00. The maximum atomic E-state index is 13.0. The van der Waals surface area contributed by atoms with Gasteiger partial charge < -0.3 is 20.4 Å². The highest BCUT2D eigenvalue weighted by Crippen LogP contribution is 2.32. The van der Waals surface area contributed by atoms with Gasteiger partial charge in [-0.1, -0.05) is 61.4 Å². The molecule has 45 heavy (non-hydrogen) atoms. The molecule has 3 N–H and O–H groups in total. The first kappa shape index (κ1) is 28.8. The SMILES string of the molecule is O=C(Nc1ccc(-c2cc(-c3ccc(NC(=O)[C@@H]4C=CCN4C(=O)C4CCC4)cc3)[nH]n2)cc1)[C@@H]1C=CCN1C(=O)C1CCC1. The minimum atomic E-state index is -0.582.